The van der Waals surface area contributed by atoms with Crippen LogP contribution in [0.3, 0.4) is 0 Å². The topological polar surface area (TPSA) is 59.4 Å². The molecule has 2 heterocycles. The largest absolute Gasteiger partial charge is 0.381 e. The monoisotopic (exact) mass is 294 g/mol. The second-order valence-electron chi connectivity index (χ2n) is 6.15. The highest BCUT2D eigenvalue weighted by Gasteiger charge is 2.23. The summed E-state index contributed by atoms with van der Waals surface area (Å²) in [5.41, 5.74) is 0.672. The maximum absolute atomic E-state index is 12.1. The number of nitrogens with zero attached hydrogens (tertiary/aromatic N) is 3. The van der Waals surface area contributed by atoms with Crippen molar-refractivity contribution in [3.05, 3.63) is 22.6 Å². The van der Waals surface area contributed by atoms with Crippen LogP contribution in [0.5, 0.6) is 0 Å². The van der Waals surface area contributed by atoms with E-state index < -0.39 is 0 Å². The Balaban J connectivity index is 2.01. The van der Waals surface area contributed by atoms with Crippen molar-refractivity contribution in [2.24, 2.45) is 0 Å². The van der Waals surface area contributed by atoms with E-state index in [0.29, 0.717) is 19.2 Å². The molecule has 1 aromatic rings. The Hall–Kier alpha value is -1.40. The number of nitrogens with one attached hydrogen (secondary N) is 1. The summed E-state index contributed by atoms with van der Waals surface area (Å²) >= 11 is 0. The second-order valence-corrected chi connectivity index (χ2v) is 6.15. The Kier molecular flexibility index (Phi) is 5.36. The second kappa shape index (κ2) is 7.04. The number of anilines is 1. The third-order valence-corrected chi connectivity index (χ3v) is 3.60. The van der Waals surface area contributed by atoms with E-state index in [2.05, 4.69) is 29.2 Å². The summed E-state index contributed by atoms with van der Waals surface area (Å²) in [6.07, 6.45) is 1.72. The van der Waals surface area contributed by atoms with Crippen LogP contribution in [-0.2, 0) is 11.3 Å². The molecule has 1 aliphatic heterocycles. The van der Waals surface area contributed by atoms with Crippen LogP contribution in [0.25, 0.3) is 0 Å². The summed E-state index contributed by atoms with van der Waals surface area (Å²) in [5, 5.41) is 7.42. The average Bonchev–Trinajstić information content (AvgIpc) is 2.41. The van der Waals surface area contributed by atoms with Gasteiger partial charge in [0.05, 0.1) is 31.1 Å². The normalized spacial score (nSPS) is 20.2. The first kappa shape index (κ1) is 16.0. The van der Waals surface area contributed by atoms with E-state index in [4.69, 9.17) is 4.74 Å². The molecule has 2 rings (SSSR count). The first-order valence-electron chi connectivity index (χ1n) is 7.65. The SMILES string of the molecule is CC(C)Nc1cnn(CC2CN(C(C)C)CCO2)c(=O)c1. The van der Waals surface area contributed by atoms with Gasteiger partial charge in [0.25, 0.3) is 5.56 Å². The van der Waals surface area contributed by atoms with Crippen molar-refractivity contribution in [3.8, 4) is 0 Å². The lowest BCUT2D eigenvalue weighted by Crippen LogP contribution is -2.48. The minimum Gasteiger partial charge on any atom is -0.381 e. The molecular formula is C15H26N4O2. The molecule has 1 aromatic heterocycles. The maximum Gasteiger partial charge on any atom is 0.268 e. The number of morpholine rings is 1. The van der Waals surface area contributed by atoms with Gasteiger partial charge in [-0.2, -0.15) is 5.10 Å². The van der Waals surface area contributed by atoms with Crippen molar-refractivity contribution in [2.45, 2.75) is 52.4 Å². The Bertz CT molecular complexity index is 513. The molecule has 0 radical (unpaired) electrons. The molecule has 0 spiro atoms. The van der Waals surface area contributed by atoms with Gasteiger partial charge in [-0.3, -0.25) is 9.69 Å². The summed E-state index contributed by atoms with van der Waals surface area (Å²) in [7, 11) is 0. The molecule has 1 unspecified atom stereocenters. The third-order valence-electron chi connectivity index (χ3n) is 3.60. The van der Waals surface area contributed by atoms with Crippen molar-refractivity contribution in [2.75, 3.05) is 25.0 Å². The molecule has 0 saturated carbocycles. The van der Waals surface area contributed by atoms with E-state index in [9.17, 15) is 4.79 Å². The summed E-state index contributed by atoms with van der Waals surface area (Å²) < 4.78 is 7.24. The van der Waals surface area contributed by atoms with Gasteiger partial charge >= 0.3 is 0 Å². The standard InChI is InChI=1S/C15H26N4O2/c1-11(2)17-13-7-15(20)19(16-8-13)10-14-9-18(12(3)4)5-6-21-14/h7-8,11-12,14,17H,5-6,9-10H2,1-4H3. The maximum atomic E-state index is 12.1. The zero-order chi connectivity index (χ0) is 15.4. The minimum absolute atomic E-state index is 0.0234. The molecule has 6 nitrogen and oxygen atoms in total. The highest BCUT2D eigenvalue weighted by Crippen LogP contribution is 2.10. The molecule has 0 aliphatic carbocycles. The Morgan fingerprint density at radius 3 is 2.81 bits per heavy atom. The number of aromatic nitrogens is 2. The number of hydrogen-bond donors (Lipinski definition) is 1. The molecule has 0 aromatic carbocycles. The van der Waals surface area contributed by atoms with E-state index in [1.807, 2.05) is 13.8 Å². The zero-order valence-electron chi connectivity index (χ0n) is 13.4. The molecule has 1 saturated heterocycles. The van der Waals surface area contributed by atoms with Gasteiger partial charge in [-0.05, 0) is 27.7 Å². The quantitative estimate of drug-likeness (QED) is 0.883. The minimum atomic E-state index is -0.0917. The summed E-state index contributed by atoms with van der Waals surface area (Å²) in [6.45, 7) is 11.4. The van der Waals surface area contributed by atoms with Gasteiger partial charge < -0.3 is 10.1 Å². The summed E-state index contributed by atoms with van der Waals surface area (Å²) in [4.78, 5) is 14.5. The van der Waals surface area contributed by atoms with E-state index >= 15 is 0 Å². The fraction of sp³-hybridized carbons (Fsp3) is 0.733. The average molecular weight is 294 g/mol. The van der Waals surface area contributed by atoms with Crippen molar-refractivity contribution < 1.29 is 4.74 Å². The van der Waals surface area contributed by atoms with Crippen molar-refractivity contribution >= 4 is 5.69 Å². The van der Waals surface area contributed by atoms with Crippen LogP contribution in [-0.4, -0.2) is 52.6 Å². The zero-order valence-corrected chi connectivity index (χ0v) is 13.4. The molecule has 0 amide bonds. The number of ether oxygens (including phenoxy) is 1. The molecule has 1 aliphatic rings. The van der Waals surface area contributed by atoms with Crippen LogP contribution >= 0.6 is 0 Å². The lowest BCUT2D eigenvalue weighted by Gasteiger charge is -2.35. The van der Waals surface area contributed by atoms with Crippen molar-refractivity contribution in [3.63, 3.8) is 0 Å². The lowest BCUT2D eigenvalue weighted by molar-refractivity contribution is -0.0475. The fourth-order valence-electron chi connectivity index (χ4n) is 2.50. The van der Waals surface area contributed by atoms with Gasteiger partial charge in [-0.15, -0.1) is 0 Å². The summed E-state index contributed by atoms with van der Waals surface area (Å²) in [6, 6.07) is 2.37. The smallest absolute Gasteiger partial charge is 0.268 e. The van der Waals surface area contributed by atoms with Crippen LogP contribution in [0.1, 0.15) is 27.7 Å². The van der Waals surface area contributed by atoms with Crippen LogP contribution in [0.4, 0.5) is 5.69 Å². The van der Waals surface area contributed by atoms with Crippen LogP contribution in [0.2, 0.25) is 0 Å². The van der Waals surface area contributed by atoms with E-state index in [1.165, 1.54) is 4.68 Å². The first-order chi connectivity index (χ1) is 9.95. The van der Waals surface area contributed by atoms with E-state index in [-0.39, 0.29) is 17.7 Å². The number of rotatable bonds is 5. The van der Waals surface area contributed by atoms with E-state index in [0.717, 1.165) is 18.8 Å². The van der Waals surface area contributed by atoms with Gasteiger partial charge in [0.1, 0.15) is 0 Å². The van der Waals surface area contributed by atoms with Crippen LogP contribution < -0.4 is 10.9 Å². The molecule has 1 N–H and O–H groups in total. The number of hydrogen-bond acceptors (Lipinski definition) is 5. The molecule has 118 valence electrons. The predicted octanol–water partition coefficient (Wildman–Crippen LogP) is 1.17. The van der Waals surface area contributed by atoms with Crippen LogP contribution in [0.15, 0.2) is 17.1 Å². The Labute approximate surface area is 126 Å². The third kappa shape index (κ3) is 4.54. The Morgan fingerprint density at radius 2 is 2.19 bits per heavy atom. The van der Waals surface area contributed by atoms with E-state index in [1.54, 1.807) is 12.3 Å². The van der Waals surface area contributed by atoms with Crippen molar-refractivity contribution in [1.82, 2.24) is 14.7 Å². The molecule has 21 heavy (non-hydrogen) atoms. The molecule has 1 fully saturated rings. The Morgan fingerprint density at radius 1 is 1.43 bits per heavy atom. The van der Waals surface area contributed by atoms with Crippen LogP contribution in [0, 0.1) is 0 Å². The highest BCUT2D eigenvalue weighted by molar-refractivity contribution is 5.39. The van der Waals surface area contributed by atoms with Gasteiger partial charge in [0.15, 0.2) is 0 Å². The van der Waals surface area contributed by atoms with Gasteiger partial charge in [-0.1, -0.05) is 0 Å². The van der Waals surface area contributed by atoms with Gasteiger partial charge in [0.2, 0.25) is 0 Å². The molecular weight excluding hydrogens is 268 g/mol. The highest BCUT2D eigenvalue weighted by atomic mass is 16.5. The van der Waals surface area contributed by atoms with Gasteiger partial charge in [0, 0.05) is 31.2 Å². The predicted molar refractivity (Wildman–Crippen MR) is 83.7 cm³/mol. The molecule has 1 atom stereocenters. The van der Waals surface area contributed by atoms with Gasteiger partial charge in [-0.25, -0.2) is 4.68 Å². The summed E-state index contributed by atoms with van der Waals surface area (Å²) in [5.74, 6) is 0. The molecule has 6 heteroatoms. The van der Waals surface area contributed by atoms with Crippen molar-refractivity contribution in [1.29, 1.82) is 0 Å². The molecule has 0 bridgehead atoms. The fourth-order valence-corrected chi connectivity index (χ4v) is 2.50. The lowest BCUT2D eigenvalue weighted by atomic mass is 10.2. The first-order valence-corrected chi connectivity index (χ1v) is 7.65.